The lowest BCUT2D eigenvalue weighted by Gasteiger charge is -2.35. The van der Waals surface area contributed by atoms with Crippen molar-refractivity contribution < 1.29 is 4.79 Å². The summed E-state index contributed by atoms with van der Waals surface area (Å²) in [5.41, 5.74) is 0.847. The lowest BCUT2D eigenvalue weighted by Crippen LogP contribution is -2.51. The van der Waals surface area contributed by atoms with Crippen molar-refractivity contribution in [2.45, 2.75) is 4.90 Å². The molecule has 0 radical (unpaired) electrons. The van der Waals surface area contributed by atoms with Gasteiger partial charge >= 0.3 is 6.03 Å². The van der Waals surface area contributed by atoms with Crippen LogP contribution in [0.15, 0.2) is 54.5 Å². The zero-order chi connectivity index (χ0) is 18.8. The molecule has 0 aromatic heterocycles. The Morgan fingerprint density at radius 2 is 1.77 bits per heavy atom. The Bertz CT molecular complexity index is 572. The van der Waals surface area contributed by atoms with Crippen molar-refractivity contribution in [3.63, 3.8) is 0 Å². The summed E-state index contributed by atoms with van der Waals surface area (Å²) in [7, 11) is 0. The van der Waals surface area contributed by atoms with E-state index < -0.39 is 0 Å². The summed E-state index contributed by atoms with van der Waals surface area (Å²) in [4.78, 5) is 20.2. The molecule has 5 nitrogen and oxygen atoms in total. The quantitative estimate of drug-likeness (QED) is 0.532. The summed E-state index contributed by atoms with van der Waals surface area (Å²) < 4.78 is 0. The number of nitrogens with one attached hydrogen (secondary N) is 1. The number of thioether (sulfide) groups is 1. The lowest BCUT2D eigenvalue weighted by atomic mass is 10.3. The Morgan fingerprint density at radius 3 is 2.31 bits per heavy atom. The predicted molar refractivity (Wildman–Crippen MR) is 112 cm³/mol. The second-order valence-electron chi connectivity index (χ2n) is 6.32. The minimum Gasteiger partial charge on any atom is -0.322 e. The topological polar surface area (TPSA) is 38.8 Å². The molecule has 1 aromatic carbocycles. The Morgan fingerprint density at radius 1 is 1.15 bits per heavy atom. The van der Waals surface area contributed by atoms with Crippen LogP contribution in [0, 0.1) is 0 Å². The number of benzene rings is 1. The van der Waals surface area contributed by atoms with E-state index in [4.69, 9.17) is 0 Å². The first kappa shape index (κ1) is 20.6. The molecule has 142 valence electrons. The van der Waals surface area contributed by atoms with Crippen LogP contribution in [-0.4, -0.2) is 79.3 Å². The molecule has 0 bridgehead atoms. The van der Waals surface area contributed by atoms with E-state index in [9.17, 15) is 4.79 Å². The molecule has 0 spiro atoms. The van der Waals surface area contributed by atoms with Gasteiger partial charge in [0, 0.05) is 62.9 Å². The average molecular weight is 375 g/mol. The molecular formula is C20H30N4OS. The maximum Gasteiger partial charge on any atom is 0.321 e. The number of piperazine rings is 1. The number of rotatable bonds is 9. The number of hydrogen-bond acceptors (Lipinski definition) is 4. The highest BCUT2D eigenvalue weighted by Crippen LogP contribution is 2.18. The molecule has 0 saturated carbocycles. The minimum absolute atomic E-state index is 0.0125. The third-order valence-corrected chi connectivity index (χ3v) is 5.25. The van der Waals surface area contributed by atoms with Crippen molar-refractivity contribution >= 4 is 23.5 Å². The molecule has 1 N–H and O–H groups in total. The van der Waals surface area contributed by atoms with Crippen LogP contribution in [-0.2, 0) is 0 Å². The zero-order valence-corrected chi connectivity index (χ0v) is 16.5. The molecule has 2 amide bonds. The van der Waals surface area contributed by atoms with Gasteiger partial charge < -0.3 is 10.2 Å². The van der Waals surface area contributed by atoms with Gasteiger partial charge in [-0.3, -0.25) is 9.80 Å². The number of amides is 2. The molecule has 1 saturated heterocycles. The van der Waals surface area contributed by atoms with Gasteiger partial charge in [0.15, 0.2) is 0 Å². The molecule has 26 heavy (non-hydrogen) atoms. The normalized spacial score (nSPS) is 15.1. The first-order chi connectivity index (χ1) is 12.7. The van der Waals surface area contributed by atoms with Crippen LogP contribution in [0.4, 0.5) is 10.5 Å². The number of carbonyl (C=O) groups is 1. The monoisotopic (exact) mass is 374 g/mol. The van der Waals surface area contributed by atoms with Crippen molar-refractivity contribution in [2.24, 2.45) is 0 Å². The van der Waals surface area contributed by atoms with Gasteiger partial charge in [0.1, 0.15) is 0 Å². The van der Waals surface area contributed by atoms with Crippen LogP contribution < -0.4 is 5.32 Å². The SMILES string of the molecule is C=CCN(CC=C)CCN1CCN(C(=O)Nc2ccc(SC)cc2)CC1. The standard InChI is InChI=1S/C20H30N4OS/c1-4-10-22(11-5-2)12-13-23-14-16-24(17-15-23)20(25)21-18-6-8-19(26-3)9-7-18/h4-9H,1-2,10-17H2,3H3,(H,21,25). The molecular weight excluding hydrogens is 344 g/mol. The van der Waals surface area contributed by atoms with E-state index in [2.05, 4.69) is 28.3 Å². The zero-order valence-electron chi connectivity index (χ0n) is 15.7. The molecule has 0 atom stereocenters. The van der Waals surface area contributed by atoms with Gasteiger partial charge in [0.05, 0.1) is 0 Å². The van der Waals surface area contributed by atoms with Crippen LogP contribution >= 0.6 is 11.8 Å². The van der Waals surface area contributed by atoms with Gasteiger partial charge in [-0.15, -0.1) is 24.9 Å². The van der Waals surface area contributed by atoms with E-state index >= 15 is 0 Å². The van der Waals surface area contributed by atoms with Crippen molar-refractivity contribution in [1.29, 1.82) is 0 Å². The largest absolute Gasteiger partial charge is 0.322 e. The van der Waals surface area contributed by atoms with Crippen LogP contribution in [0.2, 0.25) is 0 Å². The highest BCUT2D eigenvalue weighted by molar-refractivity contribution is 7.98. The van der Waals surface area contributed by atoms with E-state index in [1.54, 1.807) is 11.8 Å². The summed E-state index contributed by atoms with van der Waals surface area (Å²) in [6.07, 6.45) is 5.90. The molecule has 1 fully saturated rings. The molecule has 2 rings (SSSR count). The Balaban J connectivity index is 1.73. The third kappa shape index (κ3) is 6.52. The van der Waals surface area contributed by atoms with Crippen molar-refractivity contribution in [2.75, 3.05) is 63.9 Å². The molecule has 0 aliphatic carbocycles. The van der Waals surface area contributed by atoms with Crippen LogP contribution in [0.25, 0.3) is 0 Å². The molecule has 1 aliphatic rings. The van der Waals surface area contributed by atoms with E-state index in [1.807, 2.05) is 47.6 Å². The summed E-state index contributed by atoms with van der Waals surface area (Å²) in [5, 5.41) is 2.99. The Kier molecular flexibility index (Phi) is 8.74. The summed E-state index contributed by atoms with van der Waals surface area (Å²) >= 11 is 1.69. The maximum atomic E-state index is 12.4. The molecule has 6 heteroatoms. The summed E-state index contributed by atoms with van der Waals surface area (Å²) in [6.45, 7) is 14.7. The van der Waals surface area contributed by atoms with Crippen molar-refractivity contribution in [3.05, 3.63) is 49.6 Å². The van der Waals surface area contributed by atoms with Gasteiger partial charge in [-0.25, -0.2) is 4.79 Å². The van der Waals surface area contributed by atoms with Gasteiger partial charge in [0.25, 0.3) is 0 Å². The second kappa shape index (κ2) is 11.1. The first-order valence-corrected chi connectivity index (χ1v) is 10.2. The molecule has 1 heterocycles. The molecule has 1 aliphatic heterocycles. The third-order valence-electron chi connectivity index (χ3n) is 4.51. The van der Waals surface area contributed by atoms with Crippen molar-refractivity contribution in [3.8, 4) is 0 Å². The molecule has 0 unspecified atom stereocenters. The van der Waals surface area contributed by atoms with Gasteiger partial charge in [-0.2, -0.15) is 0 Å². The van der Waals surface area contributed by atoms with E-state index in [0.717, 1.165) is 58.0 Å². The number of anilines is 1. The predicted octanol–water partition coefficient (Wildman–Crippen LogP) is 3.23. The lowest BCUT2D eigenvalue weighted by molar-refractivity contribution is 0.137. The highest BCUT2D eigenvalue weighted by Gasteiger charge is 2.21. The number of carbonyl (C=O) groups excluding carboxylic acids is 1. The fraction of sp³-hybridized carbons (Fsp3) is 0.450. The average Bonchev–Trinajstić information content (AvgIpc) is 2.67. The van der Waals surface area contributed by atoms with Gasteiger partial charge in [0.2, 0.25) is 0 Å². The fourth-order valence-electron chi connectivity index (χ4n) is 2.96. The van der Waals surface area contributed by atoms with Gasteiger partial charge in [-0.1, -0.05) is 12.2 Å². The van der Waals surface area contributed by atoms with Crippen LogP contribution in [0.1, 0.15) is 0 Å². The first-order valence-electron chi connectivity index (χ1n) is 9.02. The number of hydrogen-bond donors (Lipinski definition) is 1. The fourth-order valence-corrected chi connectivity index (χ4v) is 3.36. The molecule has 1 aromatic rings. The van der Waals surface area contributed by atoms with Gasteiger partial charge in [-0.05, 0) is 30.5 Å². The maximum absolute atomic E-state index is 12.4. The smallest absolute Gasteiger partial charge is 0.321 e. The van der Waals surface area contributed by atoms with Crippen molar-refractivity contribution in [1.82, 2.24) is 14.7 Å². The van der Waals surface area contributed by atoms with E-state index in [1.165, 1.54) is 4.90 Å². The Hall–Kier alpha value is -1.76. The van der Waals surface area contributed by atoms with E-state index in [0.29, 0.717) is 0 Å². The summed E-state index contributed by atoms with van der Waals surface area (Å²) in [5.74, 6) is 0. The Labute approximate surface area is 161 Å². The van der Waals surface area contributed by atoms with Crippen LogP contribution in [0.5, 0.6) is 0 Å². The number of nitrogens with zero attached hydrogens (tertiary/aromatic N) is 3. The minimum atomic E-state index is -0.0125. The second-order valence-corrected chi connectivity index (χ2v) is 7.20. The summed E-state index contributed by atoms with van der Waals surface area (Å²) in [6, 6.07) is 7.94. The van der Waals surface area contributed by atoms with E-state index in [-0.39, 0.29) is 6.03 Å². The highest BCUT2D eigenvalue weighted by atomic mass is 32.2. The number of urea groups is 1. The van der Waals surface area contributed by atoms with Crippen LogP contribution in [0.3, 0.4) is 0 Å².